The average molecular weight is 389 g/mol. The third kappa shape index (κ3) is 4.46. The highest BCUT2D eigenvalue weighted by atomic mass is 35.5. The lowest BCUT2D eigenvalue weighted by molar-refractivity contribution is 0.0991. The summed E-state index contributed by atoms with van der Waals surface area (Å²) in [6.45, 7) is 0. The number of carbonyl (C=O) groups is 1. The molecule has 0 saturated heterocycles. The molecule has 4 nitrogen and oxygen atoms in total. The Hall–Kier alpha value is -2.86. The van der Waals surface area contributed by atoms with Gasteiger partial charge in [0, 0.05) is 36.8 Å². The predicted molar refractivity (Wildman–Crippen MR) is 98.1 cm³/mol. The molecular weight excluding hydrogens is 374 g/mol. The maximum absolute atomic E-state index is 13.4. The number of nitrogens with zero attached hydrogens (tertiary/aromatic N) is 2. The summed E-state index contributed by atoms with van der Waals surface area (Å²) in [5, 5.41) is -0.266. The number of rotatable bonds is 5. The van der Waals surface area contributed by atoms with Gasteiger partial charge in [0.05, 0.1) is 11.4 Å². The van der Waals surface area contributed by atoms with Gasteiger partial charge in [-0.2, -0.15) is 0 Å². The molecule has 27 heavy (non-hydrogen) atoms. The van der Waals surface area contributed by atoms with Crippen LogP contribution in [0.2, 0.25) is 5.02 Å². The third-order valence-corrected chi connectivity index (χ3v) is 4.36. The van der Waals surface area contributed by atoms with Crippen LogP contribution >= 0.6 is 11.6 Å². The van der Waals surface area contributed by atoms with Gasteiger partial charge in [0.1, 0.15) is 0 Å². The van der Waals surface area contributed by atoms with Crippen molar-refractivity contribution in [3.05, 3.63) is 98.2 Å². The molecule has 0 amide bonds. The number of hydrogen-bond acceptors (Lipinski definition) is 3. The van der Waals surface area contributed by atoms with Crippen molar-refractivity contribution in [2.45, 2.75) is 12.8 Å². The highest BCUT2D eigenvalue weighted by Crippen LogP contribution is 2.21. The van der Waals surface area contributed by atoms with Crippen molar-refractivity contribution in [3.63, 3.8) is 0 Å². The molecular formula is C20H15ClF2N2O2. The first kappa shape index (κ1) is 18.9. The van der Waals surface area contributed by atoms with E-state index in [1.165, 1.54) is 29.0 Å². The third-order valence-electron chi connectivity index (χ3n) is 4.09. The highest BCUT2D eigenvalue weighted by Gasteiger charge is 2.11. The zero-order valence-corrected chi connectivity index (χ0v) is 15.1. The Morgan fingerprint density at radius 1 is 1.15 bits per heavy atom. The van der Waals surface area contributed by atoms with Crippen LogP contribution in [-0.4, -0.2) is 15.3 Å². The number of halogens is 3. The fourth-order valence-electron chi connectivity index (χ4n) is 2.64. The number of carbonyl (C=O) groups excluding carboxylic acids is 1. The molecule has 2 aromatic heterocycles. The standard InChI is InChI=1S/C20H15ClF2N2O2/c1-25-11-14(3-5-19(25)27)18(26)9-15-4-2-12(10-24-15)6-13-7-16(21)20(23)17(22)8-13/h2-5,7-8,10-11H,6,9H2,1H3. The van der Waals surface area contributed by atoms with Crippen LogP contribution in [0.15, 0.2) is 53.6 Å². The molecule has 0 aliphatic rings. The van der Waals surface area contributed by atoms with Gasteiger partial charge < -0.3 is 4.57 Å². The van der Waals surface area contributed by atoms with E-state index in [-0.39, 0.29) is 22.8 Å². The summed E-state index contributed by atoms with van der Waals surface area (Å²) in [5.41, 5.74) is 2.11. The first-order valence-corrected chi connectivity index (χ1v) is 8.48. The van der Waals surface area contributed by atoms with Gasteiger partial charge in [-0.05, 0) is 41.8 Å². The van der Waals surface area contributed by atoms with Crippen molar-refractivity contribution in [1.29, 1.82) is 0 Å². The fourth-order valence-corrected chi connectivity index (χ4v) is 2.87. The molecule has 0 spiro atoms. The van der Waals surface area contributed by atoms with E-state index < -0.39 is 11.6 Å². The Morgan fingerprint density at radius 2 is 1.93 bits per heavy atom. The van der Waals surface area contributed by atoms with E-state index >= 15 is 0 Å². The molecule has 7 heteroatoms. The van der Waals surface area contributed by atoms with Crippen molar-refractivity contribution in [3.8, 4) is 0 Å². The molecule has 0 atom stereocenters. The van der Waals surface area contributed by atoms with E-state index in [1.54, 1.807) is 25.4 Å². The minimum Gasteiger partial charge on any atom is -0.318 e. The van der Waals surface area contributed by atoms with Gasteiger partial charge in [0.25, 0.3) is 0 Å². The van der Waals surface area contributed by atoms with E-state index in [2.05, 4.69) is 4.98 Å². The summed E-state index contributed by atoms with van der Waals surface area (Å²) >= 11 is 5.66. The van der Waals surface area contributed by atoms with Gasteiger partial charge >= 0.3 is 0 Å². The Balaban J connectivity index is 1.71. The summed E-state index contributed by atoms with van der Waals surface area (Å²) in [6.07, 6.45) is 3.50. The molecule has 138 valence electrons. The second-order valence-corrected chi connectivity index (χ2v) is 6.58. The largest absolute Gasteiger partial charge is 0.318 e. The van der Waals surface area contributed by atoms with Crippen LogP contribution in [0.4, 0.5) is 8.78 Å². The number of ketones is 1. The zero-order valence-electron chi connectivity index (χ0n) is 14.4. The second-order valence-electron chi connectivity index (χ2n) is 6.17. The number of Topliss-reactive ketones (excluding diaryl/α,β-unsaturated/α-hetero) is 1. The van der Waals surface area contributed by atoms with Crippen LogP contribution in [-0.2, 0) is 19.9 Å². The van der Waals surface area contributed by atoms with E-state index in [4.69, 9.17) is 11.6 Å². The lowest BCUT2D eigenvalue weighted by Gasteiger charge is -2.06. The maximum atomic E-state index is 13.4. The average Bonchev–Trinajstić information content (AvgIpc) is 2.63. The molecule has 3 rings (SSSR count). The Kier molecular flexibility index (Phi) is 5.46. The first-order valence-electron chi connectivity index (χ1n) is 8.10. The minimum absolute atomic E-state index is 0.0927. The minimum atomic E-state index is -1.06. The fraction of sp³-hybridized carbons (Fsp3) is 0.150. The molecule has 0 fully saturated rings. The summed E-state index contributed by atoms with van der Waals surface area (Å²) < 4.78 is 28.0. The van der Waals surface area contributed by atoms with Crippen molar-refractivity contribution in [2.24, 2.45) is 7.05 Å². The molecule has 2 heterocycles. The number of aromatic nitrogens is 2. The van der Waals surface area contributed by atoms with Crippen LogP contribution in [0.1, 0.15) is 27.2 Å². The summed E-state index contributed by atoms with van der Waals surface area (Å²) in [4.78, 5) is 28.0. The highest BCUT2D eigenvalue weighted by molar-refractivity contribution is 6.30. The van der Waals surface area contributed by atoms with Gasteiger partial charge in [-0.15, -0.1) is 0 Å². The van der Waals surface area contributed by atoms with Gasteiger partial charge in [-0.1, -0.05) is 17.7 Å². The summed E-state index contributed by atoms with van der Waals surface area (Å²) in [5.74, 6) is -2.21. The molecule has 1 aromatic carbocycles. The van der Waals surface area contributed by atoms with Gasteiger partial charge in [-0.25, -0.2) is 8.78 Å². The quantitative estimate of drug-likeness (QED) is 0.494. The Bertz CT molecular complexity index is 1040. The smallest absolute Gasteiger partial charge is 0.250 e. The van der Waals surface area contributed by atoms with Crippen molar-refractivity contribution >= 4 is 17.4 Å². The van der Waals surface area contributed by atoms with Crippen LogP contribution in [0.5, 0.6) is 0 Å². The van der Waals surface area contributed by atoms with Crippen LogP contribution in [0, 0.1) is 11.6 Å². The zero-order chi connectivity index (χ0) is 19.6. The maximum Gasteiger partial charge on any atom is 0.250 e. The molecule has 0 unspecified atom stereocenters. The predicted octanol–water partition coefficient (Wildman–Crippen LogP) is 3.73. The van der Waals surface area contributed by atoms with Crippen LogP contribution in [0.3, 0.4) is 0 Å². The normalized spacial score (nSPS) is 10.8. The molecule has 3 aromatic rings. The number of pyridine rings is 2. The molecule has 0 aliphatic heterocycles. The monoisotopic (exact) mass is 388 g/mol. The number of benzene rings is 1. The van der Waals surface area contributed by atoms with Crippen molar-refractivity contribution < 1.29 is 13.6 Å². The molecule has 0 radical (unpaired) electrons. The van der Waals surface area contributed by atoms with E-state index in [0.717, 1.165) is 11.6 Å². The van der Waals surface area contributed by atoms with E-state index in [9.17, 15) is 18.4 Å². The van der Waals surface area contributed by atoms with Crippen LogP contribution < -0.4 is 5.56 Å². The SMILES string of the molecule is Cn1cc(C(=O)Cc2ccc(Cc3cc(F)c(F)c(Cl)c3)cn2)ccc1=O. The molecule has 0 saturated carbocycles. The van der Waals surface area contributed by atoms with Gasteiger partial charge in [-0.3, -0.25) is 14.6 Å². The van der Waals surface area contributed by atoms with Crippen LogP contribution in [0.25, 0.3) is 0 Å². The molecule has 0 N–H and O–H groups in total. The summed E-state index contributed by atoms with van der Waals surface area (Å²) in [7, 11) is 1.58. The van der Waals surface area contributed by atoms with Crippen molar-refractivity contribution in [2.75, 3.05) is 0 Å². The topological polar surface area (TPSA) is 52.0 Å². The number of hydrogen-bond donors (Lipinski definition) is 0. The lowest BCUT2D eigenvalue weighted by atomic mass is 10.0. The molecule has 0 aliphatic carbocycles. The second kappa shape index (κ2) is 7.80. The summed E-state index contributed by atoms with van der Waals surface area (Å²) in [6, 6.07) is 8.78. The van der Waals surface area contributed by atoms with Gasteiger partial charge in [0.2, 0.25) is 5.56 Å². The van der Waals surface area contributed by atoms with E-state index in [1.807, 2.05) is 0 Å². The number of aryl methyl sites for hydroxylation is 1. The van der Waals surface area contributed by atoms with Gasteiger partial charge in [0.15, 0.2) is 17.4 Å². The molecule has 0 bridgehead atoms. The Morgan fingerprint density at radius 3 is 2.56 bits per heavy atom. The van der Waals surface area contributed by atoms with E-state index in [0.29, 0.717) is 23.2 Å². The Labute approximate surface area is 159 Å². The lowest BCUT2D eigenvalue weighted by Crippen LogP contribution is -2.17. The van der Waals surface area contributed by atoms with Crippen molar-refractivity contribution in [1.82, 2.24) is 9.55 Å². The first-order chi connectivity index (χ1) is 12.8.